The molecule has 0 atom stereocenters. The van der Waals surface area contributed by atoms with Crippen LogP contribution in [-0.4, -0.2) is 27.3 Å². The lowest BCUT2D eigenvalue weighted by Gasteiger charge is -2.27. The Labute approximate surface area is 131 Å². The highest BCUT2D eigenvalue weighted by Gasteiger charge is 2.31. The maximum Gasteiger partial charge on any atom is 0.311 e. The Morgan fingerprint density at radius 3 is 1.43 bits per heavy atom. The van der Waals surface area contributed by atoms with Crippen LogP contribution in [0.15, 0.2) is 0 Å². The van der Waals surface area contributed by atoms with Gasteiger partial charge in [-0.05, 0) is 6.42 Å². The van der Waals surface area contributed by atoms with Crippen LogP contribution in [-0.2, 0) is 19.2 Å². The topological polar surface area (TPSA) is 36.9 Å². The van der Waals surface area contributed by atoms with Crippen molar-refractivity contribution >= 4 is 0 Å². The Balaban J connectivity index is 3.42. The lowest BCUT2D eigenvalue weighted by Crippen LogP contribution is -2.36. The van der Waals surface area contributed by atoms with E-state index in [0.717, 1.165) is 6.42 Å². The van der Waals surface area contributed by atoms with E-state index in [1.54, 1.807) is 14.2 Å². The van der Waals surface area contributed by atoms with E-state index in [1.165, 1.54) is 71.3 Å². The molecule has 0 saturated carbocycles. The molecule has 0 fully saturated rings. The molecule has 0 bridgehead atoms. The minimum Gasteiger partial charge on any atom is -0.329 e. The summed E-state index contributed by atoms with van der Waals surface area (Å²) in [6.45, 7) is 2.26. The van der Waals surface area contributed by atoms with Crippen LogP contribution in [0.4, 0.5) is 0 Å². The predicted octanol–water partition coefficient (Wildman–Crippen LogP) is 5.21. The van der Waals surface area contributed by atoms with Crippen molar-refractivity contribution in [2.75, 3.05) is 21.3 Å². The van der Waals surface area contributed by atoms with E-state index in [2.05, 4.69) is 11.8 Å². The Kier molecular flexibility index (Phi) is 14.7. The Bertz CT molecular complexity index is 205. The third-order valence-electron chi connectivity index (χ3n) is 3.92. The van der Waals surface area contributed by atoms with Crippen molar-refractivity contribution in [1.82, 2.24) is 0 Å². The number of hydrogen-bond acceptors (Lipinski definition) is 4. The summed E-state index contributed by atoms with van der Waals surface area (Å²) in [5, 5.41) is 0. The van der Waals surface area contributed by atoms with Crippen molar-refractivity contribution in [3.63, 3.8) is 0 Å². The molecule has 0 aliphatic rings. The number of rotatable bonds is 16. The lowest BCUT2D eigenvalue weighted by molar-refractivity contribution is -0.492. The van der Waals surface area contributed by atoms with Gasteiger partial charge in [0.25, 0.3) is 0 Å². The molecule has 0 aliphatic carbocycles. The Morgan fingerprint density at radius 1 is 0.619 bits per heavy atom. The molecule has 0 unspecified atom stereocenters. The maximum absolute atomic E-state index is 5.25. The summed E-state index contributed by atoms with van der Waals surface area (Å²) in [6, 6.07) is 0. The molecule has 0 radical (unpaired) electrons. The normalized spacial score (nSPS) is 12.0. The summed E-state index contributed by atoms with van der Waals surface area (Å²) in [5.41, 5.74) is 0. The van der Waals surface area contributed by atoms with Crippen LogP contribution in [0.2, 0.25) is 0 Å². The summed E-state index contributed by atoms with van der Waals surface area (Å²) >= 11 is 0. The molecule has 0 rings (SSSR count). The zero-order valence-corrected chi connectivity index (χ0v) is 14.6. The van der Waals surface area contributed by atoms with Crippen LogP contribution in [0.5, 0.6) is 0 Å². The average Bonchev–Trinajstić information content (AvgIpc) is 2.51. The number of ether oxygens (including phenoxy) is 2. The van der Waals surface area contributed by atoms with Crippen molar-refractivity contribution < 1.29 is 19.2 Å². The Morgan fingerprint density at radius 2 is 1.05 bits per heavy atom. The van der Waals surface area contributed by atoms with E-state index in [9.17, 15) is 0 Å². The van der Waals surface area contributed by atoms with Gasteiger partial charge in [-0.1, -0.05) is 71.1 Å². The second-order valence-corrected chi connectivity index (χ2v) is 5.63. The van der Waals surface area contributed by atoms with Gasteiger partial charge in [-0.3, -0.25) is 0 Å². The second kappa shape index (κ2) is 14.8. The fraction of sp³-hybridized carbons (Fsp3) is 1.00. The molecule has 0 aromatic rings. The predicted molar refractivity (Wildman–Crippen MR) is 85.9 cm³/mol. The van der Waals surface area contributed by atoms with Gasteiger partial charge in [0.15, 0.2) is 0 Å². The molecular weight excluding hydrogens is 268 g/mol. The molecule has 128 valence electrons. The summed E-state index contributed by atoms with van der Waals surface area (Å²) in [5.74, 6) is -1.05. The minimum atomic E-state index is -1.05. The van der Waals surface area contributed by atoms with Crippen molar-refractivity contribution in [1.29, 1.82) is 0 Å². The first kappa shape index (κ1) is 20.8. The standard InChI is InChI=1S/C17H36O4/c1-5-6-7-8-9-10-11-12-13-14-15-16-17(18-2,19-3)21-20-4/h5-16H2,1-4H3. The minimum absolute atomic E-state index is 0.685. The molecule has 0 aromatic heterocycles. The number of methoxy groups -OCH3 is 2. The first-order valence-corrected chi connectivity index (χ1v) is 8.56. The van der Waals surface area contributed by atoms with Gasteiger partial charge in [-0.2, -0.15) is 4.89 Å². The highest BCUT2D eigenvalue weighted by Crippen LogP contribution is 2.22. The van der Waals surface area contributed by atoms with Crippen LogP contribution >= 0.6 is 0 Å². The zero-order valence-electron chi connectivity index (χ0n) is 14.6. The van der Waals surface area contributed by atoms with Gasteiger partial charge in [0.2, 0.25) is 0 Å². The summed E-state index contributed by atoms with van der Waals surface area (Å²) in [4.78, 5) is 9.76. The van der Waals surface area contributed by atoms with Gasteiger partial charge >= 0.3 is 5.97 Å². The third kappa shape index (κ3) is 11.1. The molecule has 0 saturated heterocycles. The van der Waals surface area contributed by atoms with Gasteiger partial charge < -0.3 is 9.47 Å². The molecule has 21 heavy (non-hydrogen) atoms. The van der Waals surface area contributed by atoms with E-state index in [1.807, 2.05) is 0 Å². The van der Waals surface area contributed by atoms with Gasteiger partial charge in [0.1, 0.15) is 0 Å². The molecule has 0 spiro atoms. The molecule has 4 nitrogen and oxygen atoms in total. The fourth-order valence-electron chi connectivity index (χ4n) is 2.53. The van der Waals surface area contributed by atoms with E-state index >= 15 is 0 Å². The number of hydrogen-bond donors (Lipinski definition) is 0. The molecule has 0 aliphatic heterocycles. The third-order valence-corrected chi connectivity index (χ3v) is 3.92. The first-order chi connectivity index (χ1) is 10.2. The van der Waals surface area contributed by atoms with Gasteiger partial charge in [0.05, 0.1) is 7.11 Å². The van der Waals surface area contributed by atoms with E-state index in [-0.39, 0.29) is 0 Å². The fourth-order valence-corrected chi connectivity index (χ4v) is 2.53. The summed E-state index contributed by atoms with van der Waals surface area (Å²) < 4.78 is 10.5. The summed E-state index contributed by atoms with van der Waals surface area (Å²) in [7, 11) is 4.61. The van der Waals surface area contributed by atoms with Crippen LogP contribution in [0.25, 0.3) is 0 Å². The lowest BCUT2D eigenvalue weighted by atomic mass is 10.0. The Hall–Kier alpha value is -0.160. The smallest absolute Gasteiger partial charge is 0.311 e. The molecule has 4 heteroatoms. The zero-order chi connectivity index (χ0) is 15.8. The molecular formula is C17H36O4. The SMILES string of the molecule is CCCCCCCCCCCCCC(OC)(OC)OOC. The van der Waals surface area contributed by atoms with Crippen molar-refractivity contribution in [3.8, 4) is 0 Å². The van der Waals surface area contributed by atoms with Gasteiger partial charge in [-0.15, -0.1) is 0 Å². The molecule has 0 amide bonds. The van der Waals surface area contributed by atoms with Gasteiger partial charge in [0, 0.05) is 20.6 Å². The molecule has 0 aromatic carbocycles. The average molecular weight is 304 g/mol. The second-order valence-electron chi connectivity index (χ2n) is 5.63. The van der Waals surface area contributed by atoms with Crippen molar-refractivity contribution in [2.24, 2.45) is 0 Å². The monoisotopic (exact) mass is 304 g/mol. The first-order valence-electron chi connectivity index (χ1n) is 8.56. The van der Waals surface area contributed by atoms with Crippen LogP contribution < -0.4 is 0 Å². The van der Waals surface area contributed by atoms with Crippen molar-refractivity contribution in [2.45, 2.75) is 89.9 Å². The van der Waals surface area contributed by atoms with E-state index < -0.39 is 5.97 Å². The number of unbranched alkanes of at least 4 members (excludes halogenated alkanes) is 10. The van der Waals surface area contributed by atoms with Crippen LogP contribution in [0, 0.1) is 0 Å². The highest BCUT2D eigenvalue weighted by atomic mass is 17.3. The van der Waals surface area contributed by atoms with Crippen LogP contribution in [0.1, 0.15) is 84.0 Å². The molecule has 0 heterocycles. The highest BCUT2D eigenvalue weighted by molar-refractivity contribution is 4.56. The van der Waals surface area contributed by atoms with Crippen molar-refractivity contribution in [3.05, 3.63) is 0 Å². The summed E-state index contributed by atoms with van der Waals surface area (Å²) in [6.07, 6.45) is 15.2. The largest absolute Gasteiger partial charge is 0.329 e. The molecule has 0 N–H and O–H groups in total. The van der Waals surface area contributed by atoms with Gasteiger partial charge in [-0.25, -0.2) is 4.89 Å². The van der Waals surface area contributed by atoms with E-state index in [0.29, 0.717) is 6.42 Å². The quantitative estimate of drug-likeness (QED) is 0.170. The maximum atomic E-state index is 5.25. The van der Waals surface area contributed by atoms with Crippen LogP contribution in [0.3, 0.4) is 0 Å². The van der Waals surface area contributed by atoms with E-state index in [4.69, 9.17) is 14.4 Å².